The number of hydrogen-bond donors (Lipinski definition) is 2. The fourth-order valence-electron chi connectivity index (χ4n) is 3.84. The summed E-state index contributed by atoms with van der Waals surface area (Å²) in [5.74, 6) is 2.53. The maximum atomic E-state index is 12.8. The Hall–Kier alpha value is -2.57. The molecular formula is C18H23N5O2. The van der Waals surface area contributed by atoms with Crippen LogP contribution in [-0.2, 0) is 12.8 Å². The van der Waals surface area contributed by atoms with Crippen molar-refractivity contribution in [1.29, 1.82) is 0 Å². The van der Waals surface area contributed by atoms with Crippen LogP contribution in [0.3, 0.4) is 0 Å². The molecule has 2 aliphatic rings. The molecule has 1 aliphatic heterocycles. The molecule has 1 aliphatic carbocycles. The number of anilines is 1. The van der Waals surface area contributed by atoms with Gasteiger partial charge in [-0.05, 0) is 49.8 Å². The van der Waals surface area contributed by atoms with Gasteiger partial charge in [-0.1, -0.05) is 6.07 Å². The van der Waals surface area contributed by atoms with Crippen LogP contribution in [0.4, 0.5) is 10.5 Å². The van der Waals surface area contributed by atoms with Crippen LogP contribution in [0.25, 0.3) is 0 Å². The minimum absolute atomic E-state index is 0.0756. The predicted molar refractivity (Wildman–Crippen MR) is 94.1 cm³/mol. The number of nitrogens with one attached hydrogen (secondary N) is 2. The zero-order chi connectivity index (χ0) is 17.4. The number of aromatic nitrogens is 3. The Bertz CT molecular complexity index is 801. The summed E-state index contributed by atoms with van der Waals surface area (Å²) in [5, 5.41) is 10.2. The van der Waals surface area contributed by atoms with Crippen molar-refractivity contribution in [3.8, 4) is 5.75 Å². The second kappa shape index (κ2) is 6.38. The Morgan fingerprint density at radius 1 is 1.40 bits per heavy atom. The van der Waals surface area contributed by atoms with Gasteiger partial charge < -0.3 is 15.0 Å². The molecule has 1 aromatic carbocycles. The fourth-order valence-corrected chi connectivity index (χ4v) is 3.84. The van der Waals surface area contributed by atoms with Crippen molar-refractivity contribution in [1.82, 2.24) is 20.1 Å². The molecule has 7 nitrogen and oxygen atoms in total. The largest absolute Gasteiger partial charge is 0.495 e. The Balaban J connectivity index is 1.49. The lowest BCUT2D eigenvalue weighted by Gasteiger charge is -2.20. The summed E-state index contributed by atoms with van der Waals surface area (Å²) in [5.41, 5.74) is 3.36. The summed E-state index contributed by atoms with van der Waals surface area (Å²) in [6.07, 6.45) is 4.06. The van der Waals surface area contributed by atoms with E-state index in [9.17, 15) is 4.79 Å². The topological polar surface area (TPSA) is 83.1 Å². The van der Waals surface area contributed by atoms with E-state index >= 15 is 0 Å². The van der Waals surface area contributed by atoms with E-state index in [2.05, 4.69) is 26.6 Å². The highest BCUT2D eigenvalue weighted by Crippen LogP contribution is 2.37. The van der Waals surface area contributed by atoms with Gasteiger partial charge in [0.15, 0.2) is 5.82 Å². The molecule has 1 fully saturated rings. The van der Waals surface area contributed by atoms with Crippen molar-refractivity contribution >= 4 is 11.7 Å². The number of aromatic amines is 1. The number of carbonyl (C=O) groups excluding carboxylic acids is 1. The number of H-pyrrole nitrogens is 1. The van der Waals surface area contributed by atoms with Gasteiger partial charge in [0.25, 0.3) is 0 Å². The second-order valence-corrected chi connectivity index (χ2v) is 6.77. The molecule has 1 atom stereocenters. The zero-order valence-electron chi connectivity index (χ0n) is 14.6. The highest BCUT2D eigenvalue weighted by atomic mass is 16.5. The lowest BCUT2D eigenvalue weighted by Crippen LogP contribution is -2.33. The molecule has 132 valence electrons. The molecule has 1 aromatic heterocycles. The van der Waals surface area contributed by atoms with Crippen LogP contribution in [0.5, 0.6) is 5.75 Å². The van der Waals surface area contributed by atoms with Gasteiger partial charge in [0.1, 0.15) is 11.6 Å². The maximum Gasteiger partial charge on any atom is 0.321 e. The molecule has 0 spiro atoms. The molecule has 0 radical (unpaired) electrons. The third-order valence-electron chi connectivity index (χ3n) is 5.15. The monoisotopic (exact) mass is 341 g/mol. The number of carbonyl (C=O) groups is 1. The molecule has 2 N–H and O–H groups in total. The maximum absolute atomic E-state index is 12.8. The quantitative estimate of drug-likeness (QED) is 0.899. The summed E-state index contributed by atoms with van der Waals surface area (Å²) in [6.45, 7) is 3.24. The van der Waals surface area contributed by atoms with Crippen LogP contribution in [-0.4, -0.2) is 46.3 Å². The van der Waals surface area contributed by atoms with Gasteiger partial charge in [-0.15, -0.1) is 0 Å². The Kier molecular flexibility index (Phi) is 4.07. The van der Waals surface area contributed by atoms with E-state index in [1.165, 1.54) is 11.1 Å². The molecule has 4 rings (SSSR count). The minimum atomic E-state index is -0.0756. The second-order valence-electron chi connectivity index (χ2n) is 6.77. The number of aryl methyl sites for hydroxylation is 2. The van der Waals surface area contributed by atoms with Gasteiger partial charge in [0, 0.05) is 19.0 Å². The standard InChI is InChI=1S/C18H23N5O2/c1-11-19-17(22-21-11)13-8-9-23(10-13)18(24)20-16-14-5-3-4-12(14)6-7-15(16)25-2/h6-7,13H,3-5,8-10H2,1-2H3,(H,20,24)(H,19,21,22). The number of nitrogens with zero attached hydrogens (tertiary/aromatic N) is 3. The lowest BCUT2D eigenvalue weighted by atomic mass is 10.1. The van der Waals surface area contributed by atoms with Gasteiger partial charge in [-0.2, -0.15) is 5.10 Å². The molecule has 1 unspecified atom stereocenters. The zero-order valence-corrected chi connectivity index (χ0v) is 14.6. The summed E-state index contributed by atoms with van der Waals surface area (Å²) in [4.78, 5) is 19.0. The number of amides is 2. The van der Waals surface area contributed by atoms with Crippen LogP contribution in [0.15, 0.2) is 12.1 Å². The normalized spacial score (nSPS) is 19.1. The predicted octanol–water partition coefficient (Wildman–Crippen LogP) is 2.63. The van der Waals surface area contributed by atoms with E-state index in [0.29, 0.717) is 13.1 Å². The first kappa shape index (κ1) is 15.9. The Morgan fingerprint density at radius 2 is 2.28 bits per heavy atom. The van der Waals surface area contributed by atoms with E-state index in [4.69, 9.17) is 4.74 Å². The van der Waals surface area contributed by atoms with Crippen LogP contribution in [0.2, 0.25) is 0 Å². The molecule has 25 heavy (non-hydrogen) atoms. The lowest BCUT2D eigenvalue weighted by molar-refractivity contribution is 0.221. The van der Waals surface area contributed by atoms with Crippen molar-refractivity contribution in [3.63, 3.8) is 0 Å². The molecule has 2 amide bonds. The van der Waals surface area contributed by atoms with Crippen molar-refractivity contribution < 1.29 is 9.53 Å². The SMILES string of the molecule is COc1ccc2c(c1NC(=O)N1CCC(c3n[nH]c(C)n3)C1)CCC2. The molecule has 2 heterocycles. The first-order chi connectivity index (χ1) is 12.2. The Labute approximate surface area is 146 Å². The van der Waals surface area contributed by atoms with Crippen LogP contribution >= 0.6 is 0 Å². The van der Waals surface area contributed by atoms with E-state index < -0.39 is 0 Å². The van der Waals surface area contributed by atoms with Crippen LogP contribution < -0.4 is 10.1 Å². The van der Waals surface area contributed by atoms with Crippen molar-refractivity contribution in [2.75, 3.05) is 25.5 Å². The highest BCUT2D eigenvalue weighted by Gasteiger charge is 2.31. The molecule has 1 saturated heterocycles. The van der Waals surface area contributed by atoms with E-state index in [1.807, 2.05) is 17.9 Å². The number of urea groups is 1. The first-order valence-electron chi connectivity index (χ1n) is 8.79. The van der Waals surface area contributed by atoms with Crippen LogP contribution in [0, 0.1) is 6.92 Å². The molecule has 0 saturated carbocycles. The molecule has 0 bridgehead atoms. The van der Waals surface area contributed by atoms with Crippen LogP contribution in [0.1, 0.15) is 41.5 Å². The number of methoxy groups -OCH3 is 1. The number of rotatable bonds is 3. The molecule has 7 heteroatoms. The van der Waals surface area contributed by atoms with E-state index in [1.54, 1.807) is 7.11 Å². The van der Waals surface area contributed by atoms with Gasteiger partial charge in [0.05, 0.1) is 12.8 Å². The fraction of sp³-hybridized carbons (Fsp3) is 0.500. The average molecular weight is 341 g/mol. The third-order valence-corrected chi connectivity index (χ3v) is 5.15. The first-order valence-corrected chi connectivity index (χ1v) is 8.79. The highest BCUT2D eigenvalue weighted by molar-refractivity contribution is 5.92. The molecule has 2 aromatic rings. The average Bonchev–Trinajstić information content (AvgIpc) is 3.34. The number of hydrogen-bond acceptors (Lipinski definition) is 4. The number of benzene rings is 1. The van der Waals surface area contributed by atoms with E-state index in [0.717, 1.165) is 48.8 Å². The summed E-state index contributed by atoms with van der Waals surface area (Å²) in [6, 6.07) is 3.98. The number of ether oxygens (including phenoxy) is 1. The number of fused-ring (bicyclic) bond motifs is 1. The summed E-state index contributed by atoms with van der Waals surface area (Å²) < 4.78 is 5.47. The van der Waals surface area contributed by atoms with Gasteiger partial charge in [0.2, 0.25) is 0 Å². The van der Waals surface area contributed by atoms with Crippen molar-refractivity contribution in [3.05, 3.63) is 34.9 Å². The minimum Gasteiger partial charge on any atom is -0.495 e. The third kappa shape index (κ3) is 2.94. The molecular weight excluding hydrogens is 318 g/mol. The van der Waals surface area contributed by atoms with Gasteiger partial charge >= 0.3 is 6.03 Å². The number of likely N-dealkylation sites (tertiary alicyclic amines) is 1. The van der Waals surface area contributed by atoms with Gasteiger partial charge in [-0.25, -0.2) is 9.78 Å². The Morgan fingerprint density at radius 3 is 3.04 bits per heavy atom. The summed E-state index contributed by atoms with van der Waals surface area (Å²) in [7, 11) is 1.64. The van der Waals surface area contributed by atoms with Gasteiger partial charge in [-0.3, -0.25) is 5.10 Å². The van der Waals surface area contributed by atoms with Crippen molar-refractivity contribution in [2.24, 2.45) is 0 Å². The summed E-state index contributed by atoms with van der Waals surface area (Å²) >= 11 is 0. The van der Waals surface area contributed by atoms with Crippen molar-refractivity contribution in [2.45, 2.75) is 38.5 Å². The van der Waals surface area contributed by atoms with E-state index in [-0.39, 0.29) is 11.9 Å². The smallest absolute Gasteiger partial charge is 0.321 e.